The van der Waals surface area contributed by atoms with Gasteiger partial charge in [0.05, 0.1) is 11.2 Å². The highest BCUT2D eigenvalue weighted by molar-refractivity contribution is 7.21. The summed E-state index contributed by atoms with van der Waals surface area (Å²) in [6, 6.07) is 9.30. The van der Waals surface area contributed by atoms with Crippen LogP contribution in [0.4, 0.5) is 5.69 Å². The van der Waals surface area contributed by atoms with Crippen LogP contribution in [0.15, 0.2) is 30.3 Å². The lowest BCUT2D eigenvalue weighted by atomic mass is 10.1. The van der Waals surface area contributed by atoms with E-state index in [0.717, 1.165) is 59.4 Å². The number of benzene rings is 1. The summed E-state index contributed by atoms with van der Waals surface area (Å²) in [6.45, 7) is 8.11. The third-order valence-corrected chi connectivity index (χ3v) is 8.11. The molecule has 2 N–H and O–H groups in total. The fraction of sp³-hybridized carbons (Fsp3) is 0.385. The summed E-state index contributed by atoms with van der Waals surface area (Å²) in [6.07, 6.45) is 0. The van der Waals surface area contributed by atoms with E-state index in [2.05, 4.69) is 42.4 Å². The number of anilines is 1. The van der Waals surface area contributed by atoms with Crippen molar-refractivity contribution in [1.82, 2.24) is 30.1 Å². The fourth-order valence-electron chi connectivity index (χ4n) is 4.70. The average Bonchev–Trinajstić information content (AvgIpc) is 3.21. The standard InChI is InChI=1S/C26H28ClN7O3S/c1-15-14-28-23-22-16-3-6-20(30-17(16)4-5-18(22)38-24(23)25(35)29-15)37-26-31-19(27)13-21(32-26)36-12-11-34-9-7-33(2)8-10-34/h3-6,13,15,28H,7-12,14H2,1-2H3,(H,29,35)/t15-/m1/s1. The molecule has 4 aromatic rings. The highest BCUT2D eigenvalue weighted by Crippen LogP contribution is 2.41. The highest BCUT2D eigenvalue weighted by atomic mass is 35.5. The summed E-state index contributed by atoms with van der Waals surface area (Å²) in [5.74, 6) is 0.638. The summed E-state index contributed by atoms with van der Waals surface area (Å²) in [5, 5.41) is 8.61. The Hall–Kier alpha value is -3.25. The van der Waals surface area contributed by atoms with Gasteiger partial charge in [-0.25, -0.2) is 4.98 Å². The van der Waals surface area contributed by atoms with Crippen molar-refractivity contribution in [2.45, 2.75) is 13.0 Å². The van der Waals surface area contributed by atoms with Crippen molar-refractivity contribution < 1.29 is 14.3 Å². The lowest BCUT2D eigenvalue weighted by Crippen LogP contribution is -2.45. The number of hydrogen-bond donors (Lipinski definition) is 2. The quantitative estimate of drug-likeness (QED) is 0.344. The van der Waals surface area contributed by atoms with Gasteiger partial charge in [-0.1, -0.05) is 11.6 Å². The van der Waals surface area contributed by atoms with Gasteiger partial charge in [-0.15, -0.1) is 11.3 Å². The lowest BCUT2D eigenvalue weighted by molar-refractivity contribution is 0.0949. The minimum Gasteiger partial charge on any atom is -0.476 e. The van der Waals surface area contributed by atoms with E-state index >= 15 is 0 Å². The van der Waals surface area contributed by atoms with Crippen LogP contribution in [0.1, 0.15) is 16.6 Å². The second kappa shape index (κ2) is 10.5. The molecule has 38 heavy (non-hydrogen) atoms. The van der Waals surface area contributed by atoms with Crippen LogP contribution >= 0.6 is 22.9 Å². The van der Waals surface area contributed by atoms with Gasteiger partial charge in [0.2, 0.25) is 11.8 Å². The van der Waals surface area contributed by atoms with E-state index in [1.807, 2.05) is 25.1 Å². The maximum absolute atomic E-state index is 12.7. The number of nitrogens with one attached hydrogen (secondary N) is 2. The van der Waals surface area contributed by atoms with Crippen LogP contribution in [-0.4, -0.2) is 89.6 Å². The fourth-order valence-corrected chi connectivity index (χ4v) is 5.97. The molecule has 198 valence electrons. The van der Waals surface area contributed by atoms with Crippen LogP contribution in [0.5, 0.6) is 17.8 Å². The molecule has 0 saturated carbocycles. The van der Waals surface area contributed by atoms with Crippen LogP contribution in [0.25, 0.3) is 21.0 Å². The minimum atomic E-state index is -0.0561. The molecule has 0 unspecified atom stereocenters. The molecule has 0 bridgehead atoms. The Bertz CT molecular complexity index is 1510. The molecule has 1 fully saturated rings. The van der Waals surface area contributed by atoms with Gasteiger partial charge in [-0.05, 0) is 32.2 Å². The first-order chi connectivity index (χ1) is 18.4. The first-order valence-corrected chi connectivity index (χ1v) is 13.8. The van der Waals surface area contributed by atoms with E-state index in [1.54, 1.807) is 12.1 Å². The second-order valence-electron chi connectivity index (χ2n) is 9.62. The number of halogens is 1. The Morgan fingerprint density at radius 1 is 1.11 bits per heavy atom. The van der Waals surface area contributed by atoms with Crippen LogP contribution < -0.4 is 20.1 Å². The zero-order valence-corrected chi connectivity index (χ0v) is 22.7. The van der Waals surface area contributed by atoms with Crippen LogP contribution in [0.3, 0.4) is 0 Å². The number of pyridine rings is 1. The topological polar surface area (TPSA) is 105 Å². The molecule has 1 aromatic carbocycles. The number of rotatable bonds is 6. The molecule has 2 aliphatic rings. The molecule has 10 nitrogen and oxygen atoms in total. The molecule has 12 heteroatoms. The number of hydrogen-bond acceptors (Lipinski definition) is 10. The number of likely N-dealkylation sites (N-methyl/N-ethyl adjacent to an activating group) is 1. The molecule has 0 radical (unpaired) electrons. The van der Waals surface area contributed by atoms with E-state index in [1.165, 1.54) is 11.3 Å². The van der Waals surface area contributed by atoms with Gasteiger partial charge < -0.3 is 25.0 Å². The van der Waals surface area contributed by atoms with E-state index in [4.69, 9.17) is 21.1 Å². The first-order valence-electron chi connectivity index (χ1n) is 12.6. The van der Waals surface area contributed by atoms with Gasteiger partial charge in [-0.3, -0.25) is 9.69 Å². The summed E-state index contributed by atoms with van der Waals surface area (Å²) in [5.41, 5.74) is 1.59. The van der Waals surface area contributed by atoms with Gasteiger partial charge in [0.1, 0.15) is 16.6 Å². The summed E-state index contributed by atoms with van der Waals surface area (Å²) in [4.78, 5) is 31.3. The molecule has 0 spiro atoms. The third-order valence-electron chi connectivity index (χ3n) is 6.77. The molecule has 0 aliphatic carbocycles. The van der Waals surface area contributed by atoms with Crippen LogP contribution in [0.2, 0.25) is 5.15 Å². The molecule has 1 atom stereocenters. The van der Waals surface area contributed by atoms with Gasteiger partial charge in [0.25, 0.3) is 5.91 Å². The smallest absolute Gasteiger partial charge is 0.328 e. The van der Waals surface area contributed by atoms with Gasteiger partial charge in [0, 0.05) is 72.9 Å². The average molecular weight is 554 g/mol. The molecule has 1 amide bonds. The van der Waals surface area contributed by atoms with E-state index < -0.39 is 0 Å². The number of aromatic nitrogens is 3. The predicted molar refractivity (Wildman–Crippen MR) is 149 cm³/mol. The van der Waals surface area contributed by atoms with Crippen molar-refractivity contribution >= 4 is 55.5 Å². The van der Waals surface area contributed by atoms with Crippen molar-refractivity contribution in [2.24, 2.45) is 0 Å². The largest absolute Gasteiger partial charge is 0.476 e. The summed E-state index contributed by atoms with van der Waals surface area (Å²) in [7, 11) is 2.14. The molecule has 6 rings (SSSR count). The Kier molecular flexibility index (Phi) is 6.91. The Morgan fingerprint density at radius 2 is 1.95 bits per heavy atom. The Labute approximate surface area is 228 Å². The molecule has 3 aromatic heterocycles. The number of carbonyl (C=O) groups excluding carboxylic acids is 1. The minimum absolute atomic E-state index is 0.0450. The van der Waals surface area contributed by atoms with E-state index in [-0.39, 0.29) is 23.1 Å². The van der Waals surface area contributed by atoms with Crippen molar-refractivity contribution in [3.63, 3.8) is 0 Å². The van der Waals surface area contributed by atoms with Gasteiger partial charge in [-0.2, -0.15) is 9.97 Å². The number of thiophene rings is 1. The summed E-state index contributed by atoms with van der Waals surface area (Å²) >= 11 is 7.70. The maximum atomic E-state index is 12.7. The molecule has 5 heterocycles. The number of carbonyl (C=O) groups is 1. The first kappa shape index (κ1) is 25.1. The van der Waals surface area contributed by atoms with Crippen molar-refractivity contribution in [2.75, 3.05) is 58.2 Å². The number of amides is 1. The molecular weight excluding hydrogens is 526 g/mol. The summed E-state index contributed by atoms with van der Waals surface area (Å²) < 4.78 is 12.8. The number of ether oxygens (including phenoxy) is 2. The second-order valence-corrected chi connectivity index (χ2v) is 11.1. The zero-order chi connectivity index (χ0) is 26.2. The monoisotopic (exact) mass is 553 g/mol. The SMILES string of the molecule is C[C@@H]1CNc2c(sc3ccc4nc(Oc5nc(Cl)cc(OCCN6CCN(C)CC6)n5)ccc4c23)C(=O)N1. The van der Waals surface area contributed by atoms with Crippen LogP contribution in [0, 0.1) is 0 Å². The van der Waals surface area contributed by atoms with Crippen molar-refractivity contribution in [1.29, 1.82) is 0 Å². The molecule has 1 saturated heterocycles. The maximum Gasteiger partial charge on any atom is 0.328 e. The molecule has 2 aliphatic heterocycles. The zero-order valence-electron chi connectivity index (χ0n) is 21.2. The van der Waals surface area contributed by atoms with Gasteiger partial charge >= 0.3 is 6.01 Å². The number of nitrogens with zero attached hydrogens (tertiary/aromatic N) is 5. The lowest BCUT2D eigenvalue weighted by Gasteiger charge is -2.32. The predicted octanol–water partition coefficient (Wildman–Crippen LogP) is 3.86. The third kappa shape index (κ3) is 5.19. The molecular formula is C26H28ClN7O3S. The highest BCUT2D eigenvalue weighted by Gasteiger charge is 2.25. The van der Waals surface area contributed by atoms with E-state index in [9.17, 15) is 4.79 Å². The van der Waals surface area contributed by atoms with Crippen molar-refractivity contribution in [3.05, 3.63) is 40.4 Å². The number of fused-ring (bicyclic) bond motifs is 5. The number of piperazine rings is 1. The Morgan fingerprint density at radius 3 is 2.79 bits per heavy atom. The Balaban J connectivity index is 1.20. The van der Waals surface area contributed by atoms with Crippen LogP contribution in [-0.2, 0) is 0 Å². The normalized spacial score (nSPS) is 18.6. The van der Waals surface area contributed by atoms with Crippen molar-refractivity contribution in [3.8, 4) is 17.8 Å². The van der Waals surface area contributed by atoms with Gasteiger partial charge in [0.15, 0.2) is 0 Å². The van der Waals surface area contributed by atoms with E-state index in [0.29, 0.717) is 29.8 Å².